The summed E-state index contributed by atoms with van der Waals surface area (Å²) in [6.07, 6.45) is 1.48. The second kappa shape index (κ2) is 9.74. The van der Waals surface area contributed by atoms with Crippen molar-refractivity contribution in [1.82, 2.24) is 4.98 Å². The number of aromatic nitrogens is 1. The van der Waals surface area contributed by atoms with Gasteiger partial charge in [-0.2, -0.15) is 5.26 Å². The lowest BCUT2D eigenvalue weighted by Crippen LogP contribution is -2.30. The third-order valence-corrected chi connectivity index (χ3v) is 3.96. The van der Waals surface area contributed by atoms with Gasteiger partial charge in [0.15, 0.2) is 11.9 Å². The maximum atomic E-state index is 12.2. The van der Waals surface area contributed by atoms with E-state index in [0.29, 0.717) is 16.3 Å². The number of carbonyl (C=O) groups is 2. The molecule has 0 saturated heterocycles. The van der Waals surface area contributed by atoms with Gasteiger partial charge in [-0.05, 0) is 36.8 Å². The van der Waals surface area contributed by atoms with Gasteiger partial charge in [0.2, 0.25) is 0 Å². The van der Waals surface area contributed by atoms with Crippen molar-refractivity contribution in [3.63, 3.8) is 0 Å². The normalized spacial score (nSPS) is 11.9. The van der Waals surface area contributed by atoms with Gasteiger partial charge in [0.05, 0.1) is 17.2 Å². The zero-order chi connectivity index (χ0) is 20.7. The number of nitrogens with zero attached hydrogens (tertiary/aromatic N) is 2. The first-order valence-electron chi connectivity index (χ1n) is 7.92. The molecule has 0 aliphatic rings. The number of rotatable bonds is 6. The highest BCUT2D eigenvalue weighted by Gasteiger charge is 2.21. The number of pyridine rings is 1. The highest BCUT2D eigenvalue weighted by Crippen LogP contribution is 2.22. The van der Waals surface area contributed by atoms with Crippen LogP contribution in [0.15, 0.2) is 42.1 Å². The first kappa shape index (κ1) is 21.2. The van der Waals surface area contributed by atoms with Gasteiger partial charge >= 0.3 is 5.97 Å². The van der Waals surface area contributed by atoms with E-state index in [1.165, 1.54) is 32.4 Å². The maximum absolute atomic E-state index is 12.2. The van der Waals surface area contributed by atoms with E-state index >= 15 is 0 Å². The summed E-state index contributed by atoms with van der Waals surface area (Å²) in [5.74, 6) is -0.880. The fourth-order valence-electron chi connectivity index (χ4n) is 2.01. The largest absolute Gasteiger partial charge is 0.497 e. The second-order valence-electron chi connectivity index (χ2n) is 5.46. The summed E-state index contributed by atoms with van der Waals surface area (Å²) < 4.78 is 10.1. The maximum Gasteiger partial charge on any atom is 0.349 e. The van der Waals surface area contributed by atoms with E-state index in [2.05, 4.69) is 10.3 Å². The van der Waals surface area contributed by atoms with Crippen LogP contribution in [0.2, 0.25) is 10.0 Å². The standard InChI is InChI=1S/C19H15Cl2N3O4/c1-11(18(25)24-17-16(21)8-14(20)10-23-17)28-19(26)13(9-22)7-12-3-5-15(27-2)6-4-12/h3-8,10-11H,1-2H3,(H,23,24,25)/b13-7+/t11-/m0/s1. The van der Waals surface area contributed by atoms with Crippen LogP contribution in [0.1, 0.15) is 12.5 Å². The molecule has 0 saturated carbocycles. The molecule has 0 unspecified atom stereocenters. The van der Waals surface area contributed by atoms with Crippen LogP contribution in [0.3, 0.4) is 0 Å². The molecule has 9 heteroatoms. The Kier molecular flexibility index (Phi) is 7.38. The van der Waals surface area contributed by atoms with Crippen LogP contribution < -0.4 is 10.1 Å². The Bertz CT molecular complexity index is 953. The van der Waals surface area contributed by atoms with Crippen LogP contribution in [-0.4, -0.2) is 30.1 Å². The SMILES string of the molecule is COc1ccc(/C=C(\C#N)C(=O)O[C@@H](C)C(=O)Nc2ncc(Cl)cc2Cl)cc1. The van der Waals surface area contributed by atoms with Gasteiger partial charge in [0.1, 0.15) is 17.4 Å². The molecular formula is C19H15Cl2N3O4. The van der Waals surface area contributed by atoms with Crippen molar-refractivity contribution in [2.45, 2.75) is 13.0 Å². The number of carbonyl (C=O) groups excluding carboxylic acids is 2. The Hall–Kier alpha value is -3.08. The van der Waals surface area contributed by atoms with E-state index in [-0.39, 0.29) is 16.4 Å². The molecule has 0 spiro atoms. The number of hydrogen-bond acceptors (Lipinski definition) is 6. The molecule has 0 fully saturated rings. The van der Waals surface area contributed by atoms with Gasteiger partial charge in [-0.3, -0.25) is 4.79 Å². The lowest BCUT2D eigenvalue weighted by atomic mass is 10.1. The van der Waals surface area contributed by atoms with Crippen LogP contribution in [0, 0.1) is 11.3 Å². The van der Waals surface area contributed by atoms with Gasteiger partial charge in [0, 0.05) is 6.20 Å². The summed E-state index contributed by atoms with van der Waals surface area (Å²) in [5, 5.41) is 12.1. The number of nitrogens with one attached hydrogen (secondary N) is 1. The zero-order valence-electron chi connectivity index (χ0n) is 14.9. The minimum atomic E-state index is -1.19. The highest BCUT2D eigenvalue weighted by molar-refractivity contribution is 6.36. The number of methoxy groups -OCH3 is 1. The van der Waals surface area contributed by atoms with E-state index in [0.717, 1.165) is 0 Å². The minimum absolute atomic E-state index is 0.0771. The molecule has 1 atom stereocenters. The Morgan fingerprint density at radius 3 is 2.54 bits per heavy atom. The number of anilines is 1. The predicted molar refractivity (Wildman–Crippen MR) is 105 cm³/mol. The molecule has 144 valence electrons. The predicted octanol–water partition coefficient (Wildman–Crippen LogP) is 3.87. The quantitative estimate of drug-likeness (QED) is 0.433. The average Bonchev–Trinajstić information content (AvgIpc) is 2.68. The Balaban J connectivity index is 2.05. The molecule has 28 heavy (non-hydrogen) atoms. The summed E-state index contributed by atoms with van der Waals surface area (Å²) in [6, 6.07) is 9.89. The van der Waals surface area contributed by atoms with Crippen molar-refractivity contribution >= 4 is 47.0 Å². The Morgan fingerprint density at radius 1 is 1.29 bits per heavy atom. The van der Waals surface area contributed by atoms with Gasteiger partial charge in [-0.15, -0.1) is 0 Å². The molecule has 0 radical (unpaired) electrons. The van der Waals surface area contributed by atoms with E-state index in [1.54, 1.807) is 30.3 Å². The first-order chi connectivity index (χ1) is 13.3. The number of amides is 1. The topological polar surface area (TPSA) is 101 Å². The van der Waals surface area contributed by atoms with Gasteiger partial charge in [-0.1, -0.05) is 35.3 Å². The third-order valence-electron chi connectivity index (χ3n) is 3.47. The highest BCUT2D eigenvalue weighted by atomic mass is 35.5. The summed E-state index contributed by atoms with van der Waals surface area (Å²) in [7, 11) is 1.53. The van der Waals surface area contributed by atoms with Crippen LogP contribution >= 0.6 is 23.2 Å². The van der Waals surface area contributed by atoms with Crippen molar-refractivity contribution in [1.29, 1.82) is 5.26 Å². The molecule has 2 rings (SSSR count). The minimum Gasteiger partial charge on any atom is -0.497 e. The molecule has 1 heterocycles. The van der Waals surface area contributed by atoms with Crippen molar-refractivity contribution < 1.29 is 19.1 Å². The van der Waals surface area contributed by atoms with Gasteiger partial charge < -0.3 is 14.8 Å². The monoisotopic (exact) mass is 419 g/mol. The Morgan fingerprint density at radius 2 is 1.96 bits per heavy atom. The molecule has 0 bridgehead atoms. The van der Waals surface area contributed by atoms with Crippen molar-refractivity contribution in [2.24, 2.45) is 0 Å². The number of halogens is 2. The van der Waals surface area contributed by atoms with E-state index < -0.39 is 18.0 Å². The molecule has 2 aromatic rings. The number of nitriles is 1. The number of benzene rings is 1. The van der Waals surface area contributed by atoms with Crippen molar-refractivity contribution in [2.75, 3.05) is 12.4 Å². The summed E-state index contributed by atoms with van der Waals surface area (Å²) in [6.45, 7) is 1.36. The smallest absolute Gasteiger partial charge is 0.349 e. The molecule has 1 aromatic heterocycles. The number of ether oxygens (including phenoxy) is 2. The lowest BCUT2D eigenvalue weighted by molar-refractivity contribution is -0.148. The lowest BCUT2D eigenvalue weighted by Gasteiger charge is -2.13. The fourth-order valence-corrected chi connectivity index (χ4v) is 2.43. The van der Waals surface area contributed by atoms with Crippen LogP contribution in [0.5, 0.6) is 5.75 Å². The van der Waals surface area contributed by atoms with Gasteiger partial charge in [0.25, 0.3) is 5.91 Å². The van der Waals surface area contributed by atoms with Crippen molar-refractivity contribution in [3.05, 3.63) is 57.7 Å². The Labute approximate surface area is 171 Å². The second-order valence-corrected chi connectivity index (χ2v) is 6.31. The van der Waals surface area contributed by atoms with Gasteiger partial charge in [-0.25, -0.2) is 9.78 Å². The van der Waals surface area contributed by atoms with Crippen LogP contribution in [0.4, 0.5) is 5.82 Å². The zero-order valence-corrected chi connectivity index (χ0v) is 16.4. The van der Waals surface area contributed by atoms with E-state index in [9.17, 15) is 14.9 Å². The van der Waals surface area contributed by atoms with Crippen LogP contribution in [-0.2, 0) is 14.3 Å². The van der Waals surface area contributed by atoms with Crippen LogP contribution in [0.25, 0.3) is 6.08 Å². The molecule has 1 aromatic carbocycles. The first-order valence-corrected chi connectivity index (χ1v) is 8.68. The molecular weight excluding hydrogens is 405 g/mol. The number of esters is 1. The third kappa shape index (κ3) is 5.71. The molecule has 1 N–H and O–H groups in total. The molecule has 0 aliphatic heterocycles. The fraction of sp³-hybridized carbons (Fsp3) is 0.158. The number of hydrogen-bond donors (Lipinski definition) is 1. The molecule has 0 aliphatic carbocycles. The van der Waals surface area contributed by atoms with Crippen molar-refractivity contribution in [3.8, 4) is 11.8 Å². The van der Waals surface area contributed by atoms with E-state index in [4.69, 9.17) is 32.7 Å². The summed E-state index contributed by atoms with van der Waals surface area (Å²) >= 11 is 11.7. The molecule has 7 nitrogen and oxygen atoms in total. The summed E-state index contributed by atoms with van der Waals surface area (Å²) in [5.41, 5.74) is 0.344. The average molecular weight is 420 g/mol. The summed E-state index contributed by atoms with van der Waals surface area (Å²) in [4.78, 5) is 28.3. The van der Waals surface area contributed by atoms with E-state index in [1.807, 2.05) is 0 Å². The molecule has 1 amide bonds.